The average molecular weight is 214 g/mol. The molecule has 0 bridgehead atoms. The smallest absolute Gasteiger partial charge is 0.0192 e. The van der Waals surface area contributed by atoms with Crippen LogP contribution < -0.4 is 5.32 Å². The summed E-state index contributed by atoms with van der Waals surface area (Å²) in [5.74, 6) is 0. The van der Waals surface area contributed by atoms with Gasteiger partial charge in [-0.2, -0.15) is 0 Å². The van der Waals surface area contributed by atoms with Gasteiger partial charge in [-0.1, -0.05) is 33.6 Å². The lowest BCUT2D eigenvalue weighted by atomic mass is 10.2. The van der Waals surface area contributed by atoms with Gasteiger partial charge >= 0.3 is 0 Å². The highest BCUT2D eigenvalue weighted by molar-refractivity contribution is 4.68. The molecule has 92 valence electrons. The van der Waals surface area contributed by atoms with Gasteiger partial charge in [-0.25, -0.2) is 0 Å². The molecule has 1 atom stereocenters. The minimum absolute atomic E-state index is 0.677. The van der Waals surface area contributed by atoms with Crippen LogP contribution >= 0.6 is 0 Å². The normalized spacial score (nSPS) is 13.4. The number of hydrogen-bond donors (Lipinski definition) is 1. The molecule has 0 aliphatic heterocycles. The van der Waals surface area contributed by atoms with E-state index in [1.807, 2.05) is 0 Å². The van der Waals surface area contributed by atoms with Gasteiger partial charge < -0.3 is 10.2 Å². The zero-order chi connectivity index (χ0) is 11.5. The summed E-state index contributed by atoms with van der Waals surface area (Å²) in [6.45, 7) is 10.4. The van der Waals surface area contributed by atoms with E-state index in [0.717, 1.165) is 6.54 Å². The second-order valence-corrected chi connectivity index (χ2v) is 4.53. The molecule has 2 heteroatoms. The summed E-state index contributed by atoms with van der Waals surface area (Å²) in [6, 6.07) is 0.677. The SMILES string of the molecule is CCCCCN(C)CC(CC)NCCC. The number of unbranched alkanes of at least 4 members (excludes halogenated alkanes) is 2. The van der Waals surface area contributed by atoms with Crippen molar-refractivity contribution in [2.45, 2.75) is 58.9 Å². The number of rotatable bonds is 10. The van der Waals surface area contributed by atoms with Crippen LogP contribution in [0.5, 0.6) is 0 Å². The highest BCUT2D eigenvalue weighted by Gasteiger charge is 2.07. The molecule has 0 rings (SSSR count). The van der Waals surface area contributed by atoms with E-state index in [1.165, 1.54) is 45.2 Å². The summed E-state index contributed by atoms with van der Waals surface area (Å²) < 4.78 is 0. The lowest BCUT2D eigenvalue weighted by molar-refractivity contribution is 0.279. The van der Waals surface area contributed by atoms with Crippen molar-refractivity contribution in [3.05, 3.63) is 0 Å². The monoisotopic (exact) mass is 214 g/mol. The van der Waals surface area contributed by atoms with Gasteiger partial charge in [0.1, 0.15) is 0 Å². The van der Waals surface area contributed by atoms with E-state index in [2.05, 4.69) is 38.0 Å². The Morgan fingerprint density at radius 2 is 1.80 bits per heavy atom. The lowest BCUT2D eigenvalue weighted by Crippen LogP contribution is -2.39. The van der Waals surface area contributed by atoms with Crippen LogP contribution in [0.4, 0.5) is 0 Å². The van der Waals surface area contributed by atoms with Gasteiger partial charge in [0.25, 0.3) is 0 Å². The van der Waals surface area contributed by atoms with Gasteiger partial charge in [0.2, 0.25) is 0 Å². The van der Waals surface area contributed by atoms with Crippen molar-refractivity contribution in [3.8, 4) is 0 Å². The molecule has 0 saturated carbocycles. The Bertz CT molecular complexity index is 126. The molecule has 0 aromatic heterocycles. The molecule has 2 nitrogen and oxygen atoms in total. The summed E-state index contributed by atoms with van der Waals surface area (Å²) in [4.78, 5) is 2.46. The van der Waals surface area contributed by atoms with E-state index < -0.39 is 0 Å². The maximum atomic E-state index is 3.60. The Balaban J connectivity index is 3.55. The Morgan fingerprint density at radius 3 is 2.33 bits per heavy atom. The van der Waals surface area contributed by atoms with Crippen LogP contribution in [-0.2, 0) is 0 Å². The molecule has 0 saturated heterocycles. The minimum Gasteiger partial charge on any atom is -0.313 e. The van der Waals surface area contributed by atoms with Crippen LogP contribution in [0.15, 0.2) is 0 Å². The zero-order valence-electron chi connectivity index (χ0n) is 11.2. The van der Waals surface area contributed by atoms with Crippen molar-refractivity contribution in [2.75, 3.05) is 26.7 Å². The molecule has 1 unspecified atom stereocenters. The lowest BCUT2D eigenvalue weighted by Gasteiger charge is -2.24. The molecule has 0 aromatic rings. The summed E-state index contributed by atoms with van der Waals surface area (Å²) >= 11 is 0. The van der Waals surface area contributed by atoms with Crippen molar-refractivity contribution in [2.24, 2.45) is 0 Å². The van der Waals surface area contributed by atoms with E-state index in [4.69, 9.17) is 0 Å². The maximum Gasteiger partial charge on any atom is 0.0192 e. The molecule has 0 heterocycles. The number of nitrogens with zero attached hydrogens (tertiary/aromatic N) is 1. The first-order chi connectivity index (χ1) is 7.24. The van der Waals surface area contributed by atoms with E-state index >= 15 is 0 Å². The second kappa shape index (κ2) is 10.4. The highest BCUT2D eigenvalue weighted by atomic mass is 15.1. The first-order valence-corrected chi connectivity index (χ1v) is 6.66. The van der Waals surface area contributed by atoms with Crippen LogP contribution in [0, 0.1) is 0 Å². The third-order valence-corrected chi connectivity index (χ3v) is 2.85. The fourth-order valence-electron chi connectivity index (χ4n) is 1.79. The topological polar surface area (TPSA) is 15.3 Å². The average Bonchev–Trinajstić information content (AvgIpc) is 2.24. The molecule has 0 fully saturated rings. The van der Waals surface area contributed by atoms with Gasteiger partial charge in [0.05, 0.1) is 0 Å². The van der Waals surface area contributed by atoms with Crippen molar-refractivity contribution in [1.29, 1.82) is 0 Å². The number of likely N-dealkylation sites (N-methyl/N-ethyl adjacent to an activating group) is 1. The van der Waals surface area contributed by atoms with E-state index in [0.29, 0.717) is 6.04 Å². The highest BCUT2D eigenvalue weighted by Crippen LogP contribution is 1.99. The largest absolute Gasteiger partial charge is 0.313 e. The van der Waals surface area contributed by atoms with E-state index in [9.17, 15) is 0 Å². The Morgan fingerprint density at radius 1 is 1.07 bits per heavy atom. The van der Waals surface area contributed by atoms with Gasteiger partial charge in [-0.05, 0) is 39.4 Å². The van der Waals surface area contributed by atoms with Crippen LogP contribution in [0.2, 0.25) is 0 Å². The molecule has 1 N–H and O–H groups in total. The molecule has 0 amide bonds. The minimum atomic E-state index is 0.677. The van der Waals surface area contributed by atoms with Gasteiger partial charge in [-0.15, -0.1) is 0 Å². The van der Waals surface area contributed by atoms with Crippen LogP contribution in [0.25, 0.3) is 0 Å². The van der Waals surface area contributed by atoms with Crippen molar-refractivity contribution < 1.29 is 0 Å². The molecule has 0 spiro atoms. The Hall–Kier alpha value is -0.0800. The molecule has 0 aliphatic carbocycles. The van der Waals surface area contributed by atoms with Crippen molar-refractivity contribution in [3.63, 3.8) is 0 Å². The first kappa shape index (κ1) is 14.9. The molecule has 0 radical (unpaired) electrons. The fraction of sp³-hybridized carbons (Fsp3) is 1.00. The summed E-state index contributed by atoms with van der Waals surface area (Å²) in [7, 11) is 2.24. The number of hydrogen-bond acceptors (Lipinski definition) is 2. The van der Waals surface area contributed by atoms with Gasteiger partial charge in [-0.3, -0.25) is 0 Å². The third kappa shape index (κ3) is 8.88. The zero-order valence-corrected chi connectivity index (χ0v) is 11.2. The molecule has 0 aromatic carbocycles. The van der Waals surface area contributed by atoms with Crippen LogP contribution in [0.3, 0.4) is 0 Å². The Kier molecular flexibility index (Phi) is 10.4. The summed E-state index contributed by atoms with van der Waals surface area (Å²) in [5, 5.41) is 3.60. The molecular formula is C13H30N2. The van der Waals surface area contributed by atoms with E-state index in [-0.39, 0.29) is 0 Å². The number of nitrogens with one attached hydrogen (secondary N) is 1. The van der Waals surface area contributed by atoms with Crippen LogP contribution in [0.1, 0.15) is 52.9 Å². The second-order valence-electron chi connectivity index (χ2n) is 4.53. The molecular weight excluding hydrogens is 184 g/mol. The molecule has 15 heavy (non-hydrogen) atoms. The quantitative estimate of drug-likeness (QED) is 0.563. The van der Waals surface area contributed by atoms with Crippen molar-refractivity contribution in [1.82, 2.24) is 10.2 Å². The standard InChI is InChI=1S/C13H30N2/c1-5-8-9-11-15(4)12-13(7-3)14-10-6-2/h13-14H,5-12H2,1-4H3. The van der Waals surface area contributed by atoms with Crippen LogP contribution in [-0.4, -0.2) is 37.6 Å². The predicted octanol–water partition coefficient (Wildman–Crippen LogP) is 2.89. The fourth-order valence-corrected chi connectivity index (χ4v) is 1.79. The molecule has 0 aliphatic rings. The van der Waals surface area contributed by atoms with Gasteiger partial charge in [0.15, 0.2) is 0 Å². The first-order valence-electron chi connectivity index (χ1n) is 6.66. The maximum absolute atomic E-state index is 3.60. The third-order valence-electron chi connectivity index (χ3n) is 2.85. The predicted molar refractivity (Wildman–Crippen MR) is 69.4 cm³/mol. The van der Waals surface area contributed by atoms with E-state index in [1.54, 1.807) is 0 Å². The van der Waals surface area contributed by atoms with Gasteiger partial charge in [0, 0.05) is 12.6 Å². The summed E-state index contributed by atoms with van der Waals surface area (Å²) in [5.41, 5.74) is 0. The summed E-state index contributed by atoms with van der Waals surface area (Å²) in [6.07, 6.45) is 6.49. The van der Waals surface area contributed by atoms with Crippen molar-refractivity contribution >= 4 is 0 Å². The Labute approximate surface area is 96.4 Å².